The van der Waals surface area contributed by atoms with Gasteiger partial charge in [0.25, 0.3) is 0 Å². The van der Waals surface area contributed by atoms with Crippen molar-refractivity contribution < 1.29 is 4.42 Å². The van der Waals surface area contributed by atoms with E-state index in [2.05, 4.69) is 34.4 Å². The highest BCUT2D eigenvalue weighted by Gasteiger charge is 2.21. The Morgan fingerprint density at radius 3 is 2.80 bits per heavy atom. The van der Waals surface area contributed by atoms with Gasteiger partial charge in [0.1, 0.15) is 17.6 Å². The third-order valence-corrected chi connectivity index (χ3v) is 3.73. The van der Waals surface area contributed by atoms with E-state index in [1.807, 2.05) is 19.1 Å². The second-order valence-corrected chi connectivity index (χ2v) is 5.23. The number of fused-ring (bicyclic) bond motifs is 1. The van der Waals surface area contributed by atoms with Crippen LogP contribution in [0.1, 0.15) is 36.0 Å². The Morgan fingerprint density at radius 1 is 1.35 bits per heavy atom. The third kappa shape index (κ3) is 2.00. The van der Waals surface area contributed by atoms with Gasteiger partial charge in [-0.15, -0.1) is 11.6 Å². The predicted molar refractivity (Wildman–Crippen MR) is 79.1 cm³/mol. The highest BCUT2D eigenvalue weighted by atomic mass is 35.5. The number of para-hydroxylation sites is 1. The van der Waals surface area contributed by atoms with Crippen molar-refractivity contribution in [3.8, 4) is 0 Å². The van der Waals surface area contributed by atoms with Gasteiger partial charge in [-0.3, -0.25) is 0 Å². The van der Waals surface area contributed by atoms with Gasteiger partial charge in [0.05, 0.1) is 23.1 Å². The van der Waals surface area contributed by atoms with Crippen LogP contribution in [0.2, 0.25) is 0 Å². The summed E-state index contributed by atoms with van der Waals surface area (Å²) in [5.74, 6) is 2.68. The Morgan fingerprint density at radius 2 is 2.15 bits per heavy atom. The normalized spacial score (nSPS) is 13.0. The van der Waals surface area contributed by atoms with E-state index in [0.717, 1.165) is 22.6 Å². The average Bonchev–Trinajstić information content (AvgIpc) is 3.02. The molecule has 20 heavy (non-hydrogen) atoms. The lowest BCUT2D eigenvalue weighted by Gasteiger charge is -2.14. The largest absolute Gasteiger partial charge is 0.444 e. The highest BCUT2D eigenvalue weighted by molar-refractivity contribution is 6.16. The van der Waals surface area contributed by atoms with Gasteiger partial charge in [-0.25, -0.2) is 9.97 Å². The molecule has 0 bridgehead atoms. The van der Waals surface area contributed by atoms with Crippen LogP contribution in [0, 0.1) is 13.8 Å². The summed E-state index contributed by atoms with van der Waals surface area (Å²) < 4.78 is 7.77. The molecule has 0 aliphatic heterocycles. The van der Waals surface area contributed by atoms with Gasteiger partial charge < -0.3 is 8.98 Å². The molecule has 0 spiro atoms. The molecule has 0 saturated heterocycles. The van der Waals surface area contributed by atoms with Gasteiger partial charge in [0, 0.05) is 0 Å². The predicted octanol–water partition coefficient (Wildman–Crippen LogP) is 3.99. The van der Waals surface area contributed by atoms with E-state index in [0.29, 0.717) is 11.8 Å². The third-order valence-electron chi connectivity index (χ3n) is 3.49. The second-order valence-electron chi connectivity index (χ2n) is 4.96. The van der Waals surface area contributed by atoms with Crippen LogP contribution in [-0.4, -0.2) is 14.5 Å². The zero-order valence-corrected chi connectivity index (χ0v) is 12.5. The fourth-order valence-corrected chi connectivity index (χ4v) is 2.74. The summed E-state index contributed by atoms with van der Waals surface area (Å²) in [6.45, 7) is 6.02. The number of aromatic nitrogens is 3. The molecule has 0 N–H and O–H groups in total. The molecular weight excluding hydrogens is 274 g/mol. The molecule has 1 unspecified atom stereocenters. The minimum Gasteiger partial charge on any atom is -0.444 e. The molecule has 0 amide bonds. The maximum absolute atomic E-state index is 6.06. The highest BCUT2D eigenvalue weighted by Crippen LogP contribution is 2.28. The van der Waals surface area contributed by atoms with E-state index in [1.54, 1.807) is 6.20 Å². The first-order chi connectivity index (χ1) is 9.61. The van der Waals surface area contributed by atoms with Gasteiger partial charge in [-0.2, -0.15) is 0 Å². The Labute approximate surface area is 122 Å². The number of alkyl halides is 1. The lowest BCUT2D eigenvalue weighted by molar-refractivity contribution is 0.415. The van der Waals surface area contributed by atoms with E-state index >= 15 is 0 Å². The molecule has 0 fully saturated rings. The minimum atomic E-state index is -0.0384. The van der Waals surface area contributed by atoms with Crippen molar-refractivity contribution in [1.29, 1.82) is 0 Å². The first kappa shape index (κ1) is 13.2. The molecule has 0 aliphatic carbocycles. The Balaban J connectivity index is 2.23. The summed E-state index contributed by atoms with van der Waals surface area (Å²) in [6.07, 6.45) is 1.73. The Hall–Kier alpha value is -1.81. The molecule has 1 atom stereocenters. The number of halogens is 1. The van der Waals surface area contributed by atoms with E-state index < -0.39 is 0 Å². The lowest BCUT2D eigenvalue weighted by Crippen LogP contribution is -2.10. The molecule has 2 aromatic heterocycles. The molecule has 0 saturated carbocycles. The summed E-state index contributed by atoms with van der Waals surface area (Å²) in [6, 6.07) is 6.05. The summed E-state index contributed by atoms with van der Waals surface area (Å²) >= 11 is 6.06. The topological polar surface area (TPSA) is 43.9 Å². The molecule has 104 valence electrons. The SMILES string of the molecule is Cc1cnc(C(C)n2c(CCl)nc3cccc(C)c32)o1. The quantitative estimate of drug-likeness (QED) is 0.685. The summed E-state index contributed by atoms with van der Waals surface area (Å²) in [5, 5.41) is 0. The average molecular weight is 290 g/mol. The molecule has 3 rings (SSSR count). The number of rotatable bonds is 3. The second kappa shape index (κ2) is 4.94. The van der Waals surface area contributed by atoms with E-state index in [-0.39, 0.29) is 6.04 Å². The number of aryl methyl sites for hydroxylation is 2. The Kier molecular flexibility index (Phi) is 3.26. The van der Waals surface area contributed by atoms with Gasteiger partial charge in [-0.05, 0) is 32.4 Å². The zero-order chi connectivity index (χ0) is 14.3. The van der Waals surface area contributed by atoms with Crippen LogP contribution in [0.15, 0.2) is 28.8 Å². The van der Waals surface area contributed by atoms with Crippen molar-refractivity contribution in [3.63, 3.8) is 0 Å². The van der Waals surface area contributed by atoms with Crippen molar-refractivity contribution in [2.75, 3.05) is 0 Å². The maximum Gasteiger partial charge on any atom is 0.217 e. The number of oxazole rings is 1. The standard InChI is InChI=1S/C15H16ClN3O/c1-9-5-4-6-12-14(9)19(13(7-16)18-12)11(3)15-17-8-10(2)20-15/h4-6,8,11H,7H2,1-3H3. The molecular formula is C15H16ClN3O. The van der Waals surface area contributed by atoms with Crippen LogP contribution in [0.25, 0.3) is 11.0 Å². The molecule has 0 aliphatic rings. The van der Waals surface area contributed by atoms with Crippen LogP contribution in [0.3, 0.4) is 0 Å². The van der Waals surface area contributed by atoms with E-state index in [1.165, 1.54) is 5.56 Å². The van der Waals surface area contributed by atoms with Crippen molar-refractivity contribution in [1.82, 2.24) is 14.5 Å². The van der Waals surface area contributed by atoms with E-state index in [4.69, 9.17) is 16.0 Å². The molecule has 4 nitrogen and oxygen atoms in total. The van der Waals surface area contributed by atoms with Gasteiger partial charge in [0.15, 0.2) is 0 Å². The number of imidazole rings is 1. The minimum absolute atomic E-state index is 0.0384. The van der Waals surface area contributed by atoms with Crippen LogP contribution in [0.5, 0.6) is 0 Å². The monoisotopic (exact) mass is 289 g/mol. The van der Waals surface area contributed by atoms with Crippen LogP contribution < -0.4 is 0 Å². The molecule has 1 aromatic carbocycles. The summed E-state index contributed by atoms with van der Waals surface area (Å²) in [7, 11) is 0. The van der Waals surface area contributed by atoms with Gasteiger partial charge in [-0.1, -0.05) is 12.1 Å². The number of hydrogen-bond donors (Lipinski definition) is 0. The van der Waals surface area contributed by atoms with Crippen LogP contribution in [0.4, 0.5) is 0 Å². The van der Waals surface area contributed by atoms with Crippen molar-refractivity contribution in [2.45, 2.75) is 32.7 Å². The summed E-state index contributed by atoms with van der Waals surface area (Å²) in [4.78, 5) is 8.93. The summed E-state index contributed by atoms with van der Waals surface area (Å²) in [5.41, 5.74) is 3.21. The molecule has 3 aromatic rings. The fraction of sp³-hybridized carbons (Fsp3) is 0.333. The molecule has 5 heteroatoms. The number of nitrogens with zero attached hydrogens (tertiary/aromatic N) is 3. The van der Waals surface area contributed by atoms with Crippen molar-refractivity contribution in [2.24, 2.45) is 0 Å². The van der Waals surface area contributed by atoms with Crippen LogP contribution in [-0.2, 0) is 5.88 Å². The van der Waals surface area contributed by atoms with Crippen molar-refractivity contribution in [3.05, 3.63) is 47.4 Å². The van der Waals surface area contributed by atoms with Crippen LogP contribution >= 0.6 is 11.6 Å². The lowest BCUT2D eigenvalue weighted by atomic mass is 10.2. The number of hydrogen-bond acceptors (Lipinski definition) is 3. The van der Waals surface area contributed by atoms with Crippen molar-refractivity contribution >= 4 is 22.6 Å². The fourth-order valence-electron chi connectivity index (χ4n) is 2.56. The van der Waals surface area contributed by atoms with Gasteiger partial charge >= 0.3 is 0 Å². The van der Waals surface area contributed by atoms with E-state index in [9.17, 15) is 0 Å². The smallest absolute Gasteiger partial charge is 0.217 e. The first-order valence-electron chi connectivity index (χ1n) is 6.56. The molecule has 2 heterocycles. The molecule has 0 radical (unpaired) electrons. The first-order valence-corrected chi connectivity index (χ1v) is 7.10. The maximum atomic E-state index is 6.06. The Bertz CT molecular complexity index is 760. The number of benzene rings is 1. The zero-order valence-electron chi connectivity index (χ0n) is 11.7. The van der Waals surface area contributed by atoms with Gasteiger partial charge in [0.2, 0.25) is 5.89 Å².